The molecule has 7 aromatic rings. The number of hydrogen-bond acceptors (Lipinski definition) is 14. The molecule has 11 N–H and O–H groups in total. The summed E-state index contributed by atoms with van der Waals surface area (Å²) in [5, 5.41) is 26.5. The van der Waals surface area contributed by atoms with Crippen LogP contribution in [0.25, 0.3) is 44.3 Å². The molecule has 0 fully saturated rings. The van der Waals surface area contributed by atoms with Gasteiger partial charge in [0.2, 0.25) is 0 Å². The molecule has 0 aliphatic carbocycles. The first-order chi connectivity index (χ1) is 41.4. The smallest absolute Gasteiger partial charge is 0.407 e. The van der Waals surface area contributed by atoms with Crippen LogP contribution in [0.15, 0.2) is 127 Å². The van der Waals surface area contributed by atoms with Gasteiger partial charge in [-0.3, -0.25) is 0 Å². The lowest BCUT2D eigenvalue weighted by Crippen LogP contribution is -2.50. The first-order valence-corrected chi connectivity index (χ1v) is 28.3. The Morgan fingerprint density at radius 1 is 0.547 bits per heavy atom. The van der Waals surface area contributed by atoms with Gasteiger partial charge in [-0.2, -0.15) is 0 Å². The van der Waals surface area contributed by atoms with Crippen molar-refractivity contribution in [2.45, 2.75) is 84.8 Å². The predicted molar refractivity (Wildman–Crippen MR) is 327 cm³/mol. The van der Waals surface area contributed by atoms with Gasteiger partial charge in [-0.15, -0.1) is 23.0 Å². The van der Waals surface area contributed by atoms with E-state index in [-0.39, 0.29) is 0 Å². The van der Waals surface area contributed by atoms with Gasteiger partial charge < -0.3 is 61.0 Å². The fraction of sp³-hybridized carbons (Fsp3) is 0.365. The molecule has 0 aliphatic heterocycles. The highest BCUT2D eigenvalue weighted by atomic mass is 16.6. The molecule has 23 heteroatoms. The molecule has 7 rings (SSSR count). The summed E-state index contributed by atoms with van der Waals surface area (Å²) in [7, 11) is 0. The van der Waals surface area contributed by atoms with Crippen molar-refractivity contribution in [3.63, 3.8) is 0 Å². The molecule has 0 aliphatic rings. The van der Waals surface area contributed by atoms with Gasteiger partial charge in [0.15, 0.2) is 0 Å². The standard InChI is InChI=1S/C31H37N9O3.C18H21NO3.C14H20N4O3/c32-10-3-13-41-27-8-1-6-25(19-27)39-21-30(35-37-39)23-16-24(18-29(17-23)43-15-5-12-34)31-22-40(38-36-31)26-7-2-9-28(20-26)42-14-4-11-33;1-6-14-11-15(7-2)13-16(12-14)21-10-8-9-19-17(20)22-18(3,4)5;1-14(2,3)21-13(19)16-8-5-9-20-12-7-4-6-11(10-12)17-18-15/h1-2,6-9,16-22H,3-5,10-15,32-34H2;1-2,11-13H,8-10H2,3-5H3,(H,19,20);4,6-7,10H,5,8-9H2,1-3H3,(H,16,19)/p+3. The summed E-state index contributed by atoms with van der Waals surface area (Å²) < 4.78 is 42.6. The molecule has 0 atom stereocenters. The highest BCUT2D eigenvalue weighted by Crippen LogP contribution is 2.31. The molecule has 2 amide bonds. The summed E-state index contributed by atoms with van der Waals surface area (Å²) in [6.07, 6.45) is 17.6. The quantitative estimate of drug-likeness (QED) is 0.0107. The van der Waals surface area contributed by atoms with Crippen molar-refractivity contribution in [2.75, 3.05) is 65.8 Å². The Kier molecular flexibility index (Phi) is 27.6. The van der Waals surface area contributed by atoms with E-state index < -0.39 is 23.4 Å². The molecule has 23 nitrogen and oxygen atoms in total. The third-order valence-corrected chi connectivity index (χ3v) is 11.4. The number of hydrogen-bond donors (Lipinski definition) is 5. The van der Waals surface area contributed by atoms with Crippen molar-refractivity contribution in [1.82, 2.24) is 40.6 Å². The molecule has 2 heterocycles. The Labute approximate surface area is 502 Å². The molecular formula is C63H81N14O9+3. The van der Waals surface area contributed by atoms with E-state index >= 15 is 0 Å². The third-order valence-electron chi connectivity index (χ3n) is 11.4. The molecule has 5 aromatic carbocycles. The van der Waals surface area contributed by atoms with E-state index in [9.17, 15) is 9.59 Å². The summed E-state index contributed by atoms with van der Waals surface area (Å²) in [6, 6.07) is 33.7. The molecule has 0 radical (unpaired) electrons. The van der Waals surface area contributed by atoms with Crippen molar-refractivity contribution >= 4 is 17.9 Å². The van der Waals surface area contributed by atoms with Crippen LogP contribution < -0.4 is 51.5 Å². The number of quaternary nitrogens is 3. The molecule has 0 unspecified atom stereocenters. The zero-order valence-electron chi connectivity index (χ0n) is 50.1. The Hall–Kier alpha value is -9.77. The average molecular weight is 1180 g/mol. The van der Waals surface area contributed by atoms with Crippen molar-refractivity contribution in [3.8, 4) is 87.3 Å². The lowest BCUT2D eigenvalue weighted by Gasteiger charge is -2.19. The van der Waals surface area contributed by atoms with Crippen LogP contribution in [0, 0.1) is 24.7 Å². The summed E-state index contributed by atoms with van der Waals surface area (Å²) in [5.41, 5.74) is 25.7. The molecular weight excluding hydrogens is 1100 g/mol. The van der Waals surface area contributed by atoms with Crippen LogP contribution >= 0.6 is 0 Å². The van der Waals surface area contributed by atoms with Gasteiger partial charge in [0.05, 0.1) is 76.4 Å². The van der Waals surface area contributed by atoms with Gasteiger partial charge in [-0.25, -0.2) is 19.0 Å². The fourth-order valence-electron chi connectivity index (χ4n) is 7.40. The zero-order valence-corrected chi connectivity index (χ0v) is 50.1. The molecule has 0 saturated heterocycles. The maximum Gasteiger partial charge on any atom is 0.407 e. The summed E-state index contributed by atoms with van der Waals surface area (Å²) >= 11 is 0. The second kappa shape index (κ2) is 35.4. The number of alkyl carbamates (subject to hydrolysis) is 2. The Morgan fingerprint density at radius 2 is 0.942 bits per heavy atom. The molecule has 454 valence electrons. The first kappa shape index (κ1) is 67.0. The number of nitrogens with one attached hydrogen (secondary N) is 2. The van der Waals surface area contributed by atoms with Crippen molar-refractivity contribution in [2.24, 2.45) is 5.11 Å². The summed E-state index contributed by atoms with van der Waals surface area (Å²) in [5.74, 6) is 8.59. The largest absolute Gasteiger partial charge is 0.494 e. The average Bonchev–Trinajstić information content (AvgIpc) is 3.98. The van der Waals surface area contributed by atoms with E-state index in [4.69, 9.17) is 51.5 Å². The van der Waals surface area contributed by atoms with Gasteiger partial charge in [-0.05, 0) is 133 Å². The van der Waals surface area contributed by atoms with Gasteiger partial charge in [0, 0.05) is 77.3 Å². The SMILES string of the molecule is C#Cc1cc(C#C)cc(OCCCNC(=O)OC(C)(C)C)c1.CC(C)(C)OC(=O)NCCCOc1cccc(N=[N+]=[N-])c1.[NH3+]CCCOc1cc(-c2cn(-c3cccc(OCCC[NH3+])c3)nn2)cc(-c2cn(-c3cccc(OCCC[NH3+])c3)nn2)c1. The van der Waals surface area contributed by atoms with Crippen molar-refractivity contribution in [3.05, 3.63) is 143 Å². The lowest BCUT2D eigenvalue weighted by molar-refractivity contribution is -0.369. The highest BCUT2D eigenvalue weighted by molar-refractivity contribution is 5.72. The molecule has 86 heavy (non-hydrogen) atoms. The van der Waals surface area contributed by atoms with Crippen LogP contribution in [-0.2, 0) is 9.47 Å². The lowest BCUT2D eigenvalue weighted by atomic mass is 10.1. The minimum Gasteiger partial charge on any atom is -0.494 e. The van der Waals surface area contributed by atoms with E-state index in [1.807, 2.05) is 121 Å². The van der Waals surface area contributed by atoms with Gasteiger partial charge in [-0.1, -0.05) is 51.6 Å². The Balaban J connectivity index is 0.000000264. The molecule has 0 saturated carbocycles. The number of carbonyl (C=O) groups is 2. The minimum atomic E-state index is -0.498. The number of nitrogens with zero attached hydrogens (tertiary/aromatic N) is 9. The maximum absolute atomic E-state index is 11.4. The van der Waals surface area contributed by atoms with Crippen LogP contribution in [0.3, 0.4) is 0 Å². The third kappa shape index (κ3) is 25.0. The normalized spacial score (nSPS) is 10.7. The van der Waals surface area contributed by atoms with E-state index in [2.05, 4.69) is 70.3 Å². The van der Waals surface area contributed by atoms with E-state index in [1.165, 1.54) is 0 Å². The maximum atomic E-state index is 11.4. The second-order valence-electron chi connectivity index (χ2n) is 21.0. The first-order valence-electron chi connectivity index (χ1n) is 28.3. The van der Waals surface area contributed by atoms with Crippen LogP contribution in [0.5, 0.6) is 28.7 Å². The van der Waals surface area contributed by atoms with E-state index in [0.717, 1.165) is 72.9 Å². The number of ether oxygens (including phenoxy) is 7. The van der Waals surface area contributed by atoms with Gasteiger partial charge in [0.25, 0.3) is 0 Å². The number of terminal acetylenes is 2. The fourth-order valence-corrected chi connectivity index (χ4v) is 7.40. The number of azide groups is 1. The van der Waals surface area contributed by atoms with Gasteiger partial charge in [0.1, 0.15) is 51.3 Å². The zero-order chi connectivity index (χ0) is 62.2. The highest BCUT2D eigenvalue weighted by Gasteiger charge is 2.18. The minimum absolute atomic E-state index is 0.434. The topological polar surface area (TPSA) is 316 Å². The number of amides is 2. The van der Waals surface area contributed by atoms with E-state index in [0.29, 0.717) is 104 Å². The van der Waals surface area contributed by atoms with Gasteiger partial charge >= 0.3 is 12.2 Å². The molecule has 2 aromatic heterocycles. The number of carbonyl (C=O) groups excluding carboxylic acids is 2. The summed E-state index contributed by atoms with van der Waals surface area (Å²) in [6.45, 7) is 17.0. The predicted octanol–water partition coefficient (Wildman–Crippen LogP) is 8.08. The van der Waals surface area contributed by atoms with Crippen molar-refractivity contribution < 1.29 is 59.9 Å². The number of rotatable bonds is 27. The Bertz CT molecular complexity index is 3230. The van der Waals surface area contributed by atoms with E-state index in [1.54, 1.807) is 51.8 Å². The van der Waals surface area contributed by atoms with Crippen molar-refractivity contribution in [1.29, 1.82) is 0 Å². The Morgan fingerprint density at radius 3 is 1.35 bits per heavy atom. The van der Waals surface area contributed by atoms with Crippen LogP contribution in [-0.4, -0.2) is 119 Å². The second-order valence-corrected chi connectivity index (χ2v) is 21.0. The monoisotopic (exact) mass is 1180 g/mol. The molecule has 0 bridgehead atoms. The van der Waals surface area contributed by atoms with Crippen LogP contribution in [0.1, 0.15) is 84.8 Å². The summed E-state index contributed by atoms with van der Waals surface area (Å²) in [4.78, 5) is 25.5. The van der Waals surface area contributed by atoms with Crippen LogP contribution in [0.2, 0.25) is 0 Å². The molecule has 0 spiro atoms. The number of benzene rings is 5. The number of aromatic nitrogens is 6. The van der Waals surface area contributed by atoms with Crippen LogP contribution in [0.4, 0.5) is 15.3 Å².